The molecule has 3 aromatic rings. The number of hydrogen-bond donors (Lipinski definition) is 2. The molecule has 2 heterocycles. The highest BCUT2D eigenvalue weighted by molar-refractivity contribution is 6.33. The van der Waals surface area contributed by atoms with Crippen LogP contribution in [0, 0.1) is 0 Å². The number of nitrogens with one attached hydrogen (secondary N) is 2. The fraction of sp³-hybridized carbons (Fsp3) is 0.273. The molecule has 0 radical (unpaired) electrons. The lowest BCUT2D eigenvalue weighted by Crippen LogP contribution is -2.35. The molecule has 0 saturated heterocycles. The van der Waals surface area contributed by atoms with E-state index in [1.807, 2.05) is 30.3 Å². The molecular formula is C22H20ClF3N4O. The zero-order valence-electron chi connectivity index (χ0n) is 16.5. The van der Waals surface area contributed by atoms with E-state index in [1.165, 1.54) is 0 Å². The normalized spacial score (nSPS) is 19.3. The Labute approximate surface area is 182 Å². The van der Waals surface area contributed by atoms with E-state index in [0.717, 1.165) is 10.1 Å². The third kappa shape index (κ3) is 4.25. The van der Waals surface area contributed by atoms with Gasteiger partial charge in [0.2, 0.25) is 5.95 Å². The highest BCUT2D eigenvalue weighted by Gasteiger charge is 2.47. The lowest BCUT2D eigenvalue weighted by Gasteiger charge is -2.34. The van der Waals surface area contributed by atoms with Gasteiger partial charge >= 0.3 is 6.18 Å². The summed E-state index contributed by atoms with van der Waals surface area (Å²) in [6.07, 6.45) is -4.82. The molecular weight excluding hydrogens is 429 g/mol. The van der Waals surface area contributed by atoms with E-state index >= 15 is 0 Å². The lowest BCUT2D eigenvalue weighted by atomic mass is 9.97. The Hall–Kier alpha value is -3.00. The minimum atomic E-state index is -4.56. The summed E-state index contributed by atoms with van der Waals surface area (Å²) >= 11 is 6.26. The van der Waals surface area contributed by atoms with E-state index in [-0.39, 0.29) is 29.3 Å². The molecule has 9 heteroatoms. The largest absolute Gasteiger partial charge is 0.409 e. The van der Waals surface area contributed by atoms with Gasteiger partial charge in [-0.1, -0.05) is 72.3 Å². The molecule has 31 heavy (non-hydrogen) atoms. The van der Waals surface area contributed by atoms with Crippen LogP contribution in [0.5, 0.6) is 0 Å². The summed E-state index contributed by atoms with van der Waals surface area (Å²) in [6.45, 7) is 1.78. The van der Waals surface area contributed by atoms with Crippen molar-refractivity contribution in [2.24, 2.45) is 0 Å². The van der Waals surface area contributed by atoms with Crippen LogP contribution in [0.25, 0.3) is 0 Å². The second-order valence-electron chi connectivity index (χ2n) is 7.45. The molecule has 2 N–H and O–H groups in total. The van der Waals surface area contributed by atoms with Crippen LogP contribution < -0.4 is 10.6 Å². The van der Waals surface area contributed by atoms with Crippen LogP contribution in [0.15, 0.2) is 60.7 Å². The number of imidazole rings is 1. The van der Waals surface area contributed by atoms with E-state index in [1.54, 1.807) is 37.3 Å². The number of alkyl halides is 3. The van der Waals surface area contributed by atoms with Gasteiger partial charge in [0.15, 0.2) is 5.69 Å². The van der Waals surface area contributed by atoms with Crippen molar-refractivity contribution in [3.63, 3.8) is 0 Å². The monoisotopic (exact) mass is 448 g/mol. The van der Waals surface area contributed by atoms with Crippen molar-refractivity contribution in [2.45, 2.75) is 37.6 Å². The highest BCUT2D eigenvalue weighted by atomic mass is 35.5. The Kier molecular flexibility index (Phi) is 5.66. The summed E-state index contributed by atoms with van der Waals surface area (Å²) in [7, 11) is 0. The van der Waals surface area contributed by atoms with Crippen molar-refractivity contribution in [3.8, 4) is 0 Å². The van der Waals surface area contributed by atoms with Gasteiger partial charge in [-0.3, -0.25) is 9.36 Å². The maximum absolute atomic E-state index is 13.9. The molecule has 1 amide bonds. The Morgan fingerprint density at radius 3 is 2.39 bits per heavy atom. The predicted molar refractivity (Wildman–Crippen MR) is 112 cm³/mol. The summed E-state index contributed by atoms with van der Waals surface area (Å²) < 4.78 is 42.6. The minimum Gasteiger partial charge on any atom is -0.349 e. The van der Waals surface area contributed by atoms with Crippen molar-refractivity contribution in [3.05, 3.63) is 82.6 Å². The maximum atomic E-state index is 13.9. The van der Waals surface area contributed by atoms with E-state index in [0.29, 0.717) is 5.56 Å². The van der Waals surface area contributed by atoms with Gasteiger partial charge in [-0.15, -0.1) is 0 Å². The van der Waals surface area contributed by atoms with Gasteiger partial charge in [-0.25, -0.2) is 4.98 Å². The number of nitrogens with zero attached hydrogens (tertiary/aromatic N) is 2. The second-order valence-corrected chi connectivity index (χ2v) is 7.81. The van der Waals surface area contributed by atoms with E-state index < -0.39 is 24.2 Å². The SMILES string of the molecule is C[C@H](NC(=O)c1nc2n(c1Cl)[C@H](C(F)(F)F)C[C@@H](c1ccccc1)N2)c1ccccc1. The summed E-state index contributed by atoms with van der Waals surface area (Å²) in [5.41, 5.74) is 1.31. The molecule has 5 nitrogen and oxygen atoms in total. The quantitative estimate of drug-likeness (QED) is 0.539. The minimum absolute atomic E-state index is 0.0788. The zero-order valence-corrected chi connectivity index (χ0v) is 17.3. The third-order valence-electron chi connectivity index (χ3n) is 5.37. The molecule has 0 fully saturated rings. The van der Waals surface area contributed by atoms with Gasteiger partial charge < -0.3 is 10.6 Å². The topological polar surface area (TPSA) is 59.0 Å². The number of halogens is 4. The Bertz CT molecular complexity index is 1070. The van der Waals surface area contributed by atoms with E-state index in [2.05, 4.69) is 15.6 Å². The van der Waals surface area contributed by atoms with Crippen molar-refractivity contribution in [1.82, 2.24) is 14.9 Å². The predicted octanol–water partition coefficient (Wildman–Crippen LogP) is 5.69. The highest BCUT2D eigenvalue weighted by Crippen LogP contribution is 2.46. The Balaban J connectivity index is 1.66. The Morgan fingerprint density at radius 2 is 1.77 bits per heavy atom. The molecule has 0 spiro atoms. The molecule has 4 rings (SSSR count). The third-order valence-corrected chi connectivity index (χ3v) is 5.73. The van der Waals surface area contributed by atoms with Gasteiger partial charge in [-0.05, 0) is 18.1 Å². The molecule has 3 atom stereocenters. The van der Waals surface area contributed by atoms with E-state index in [9.17, 15) is 18.0 Å². The number of rotatable bonds is 4. The first-order chi connectivity index (χ1) is 14.8. The number of aromatic nitrogens is 2. The molecule has 2 aromatic carbocycles. The van der Waals surface area contributed by atoms with Crippen molar-refractivity contribution in [2.75, 3.05) is 5.32 Å². The molecule has 1 aliphatic heterocycles. The smallest absolute Gasteiger partial charge is 0.349 e. The molecule has 162 valence electrons. The zero-order chi connectivity index (χ0) is 22.2. The standard InChI is InChI=1S/C22H20ClF3N4O/c1-13(14-8-4-2-5-9-14)27-20(31)18-19(23)30-17(22(24,25)26)12-16(28-21(30)29-18)15-10-6-3-7-11-15/h2-11,13,16-17H,12H2,1H3,(H,27,31)(H,28,29)/t13-,16-,17-/m0/s1. The van der Waals surface area contributed by atoms with Crippen molar-refractivity contribution >= 4 is 23.5 Å². The molecule has 0 bridgehead atoms. The number of hydrogen-bond acceptors (Lipinski definition) is 3. The number of benzene rings is 2. The van der Waals surface area contributed by atoms with Gasteiger partial charge in [0.1, 0.15) is 11.2 Å². The first-order valence-corrected chi connectivity index (χ1v) is 10.1. The van der Waals surface area contributed by atoms with Crippen LogP contribution in [0.4, 0.5) is 19.1 Å². The lowest BCUT2D eigenvalue weighted by molar-refractivity contribution is -0.171. The van der Waals surface area contributed by atoms with Gasteiger partial charge in [0.25, 0.3) is 5.91 Å². The van der Waals surface area contributed by atoms with Crippen LogP contribution >= 0.6 is 11.6 Å². The fourth-order valence-corrected chi connectivity index (χ4v) is 4.09. The molecule has 1 aromatic heterocycles. The number of fused-ring (bicyclic) bond motifs is 1. The average Bonchev–Trinajstić information content (AvgIpc) is 3.10. The molecule has 1 aliphatic rings. The van der Waals surface area contributed by atoms with Crippen molar-refractivity contribution < 1.29 is 18.0 Å². The maximum Gasteiger partial charge on any atom is 0.409 e. The second kappa shape index (κ2) is 8.26. The van der Waals surface area contributed by atoms with Crippen LogP contribution in [0.2, 0.25) is 5.15 Å². The van der Waals surface area contributed by atoms with Gasteiger partial charge in [0, 0.05) is 6.42 Å². The summed E-state index contributed by atoms with van der Waals surface area (Å²) in [6, 6.07) is 15.1. The van der Waals surface area contributed by atoms with Crippen LogP contribution in [-0.2, 0) is 0 Å². The van der Waals surface area contributed by atoms with Crippen LogP contribution in [0.1, 0.15) is 53.1 Å². The summed E-state index contributed by atoms with van der Waals surface area (Å²) in [5.74, 6) is -0.716. The average molecular weight is 449 g/mol. The van der Waals surface area contributed by atoms with Gasteiger partial charge in [0.05, 0.1) is 12.1 Å². The first-order valence-electron chi connectivity index (χ1n) is 9.77. The summed E-state index contributed by atoms with van der Waals surface area (Å²) in [4.78, 5) is 16.9. The fourth-order valence-electron chi connectivity index (χ4n) is 3.76. The Morgan fingerprint density at radius 1 is 1.16 bits per heavy atom. The van der Waals surface area contributed by atoms with Crippen LogP contribution in [-0.4, -0.2) is 21.6 Å². The first kappa shape index (κ1) is 21.2. The number of carbonyl (C=O) groups excluding carboxylic acids is 1. The molecule has 0 saturated carbocycles. The van der Waals surface area contributed by atoms with E-state index in [4.69, 9.17) is 11.6 Å². The molecule has 0 aliphatic carbocycles. The number of amides is 1. The van der Waals surface area contributed by atoms with Crippen molar-refractivity contribution in [1.29, 1.82) is 0 Å². The number of carbonyl (C=O) groups is 1. The van der Waals surface area contributed by atoms with Crippen LogP contribution in [0.3, 0.4) is 0 Å². The van der Waals surface area contributed by atoms with Gasteiger partial charge in [-0.2, -0.15) is 13.2 Å². The molecule has 0 unspecified atom stereocenters. The number of anilines is 1. The summed E-state index contributed by atoms with van der Waals surface area (Å²) in [5, 5.41) is 5.42.